The first kappa shape index (κ1) is 18.4. The van der Waals surface area contributed by atoms with Crippen molar-refractivity contribution in [2.75, 3.05) is 20.8 Å². The molecule has 24 heavy (non-hydrogen) atoms. The number of carbonyl (C=O) groups excluding carboxylic acids is 1. The van der Waals surface area contributed by atoms with Crippen LogP contribution >= 0.6 is 23.2 Å². The smallest absolute Gasteiger partial charge is 0.251 e. The van der Waals surface area contributed by atoms with Gasteiger partial charge in [-0.3, -0.25) is 4.79 Å². The van der Waals surface area contributed by atoms with E-state index in [9.17, 15) is 9.90 Å². The largest absolute Gasteiger partial charge is 0.497 e. The highest BCUT2D eigenvalue weighted by Crippen LogP contribution is 2.29. The standard InChI is InChI=1S/C17H17Cl2NO4/c1-23-11-4-6-16(24-2)12(8-11)15(21)9-20-17(22)10-3-5-13(18)14(19)7-10/h3-8,15,21H,9H2,1-2H3,(H,20,22). The van der Waals surface area contributed by atoms with Crippen LogP contribution in [0.1, 0.15) is 22.0 Å². The van der Waals surface area contributed by atoms with Crippen LogP contribution in [-0.4, -0.2) is 31.8 Å². The lowest BCUT2D eigenvalue weighted by molar-refractivity contribution is 0.0914. The van der Waals surface area contributed by atoms with Crippen molar-refractivity contribution in [3.05, 3.63) is 57.6 Å². The van der Waals surface area contributed by atoms with Crippen molar-refractivity contribution < 1.29 is 19.4 Å². The second-order valence-electron chi connectivity index (χ2n) is 4.96. The van der Waals surface area contributed by atoms with E-state index in [1.165, 1.54) is 20.3 Å². The third kappa shape index (κ3) is 4.32. The molecule has 0 aromatic heterocycles. The number of rotatable bonds is 6. The molecular formula is C17H17Cl2NO4. The van der Waals surface area contributed by atoms with Crippen LogP contribution in [0.15, 0.2) is 36.4 Å². The van der Waals surface area contributed by atoms with Gasteiger partial charge in [-0.25, -0.2) is 0 Å². The molecule has 0 fully saturated rings. The van der Waals surface area contributed by atoms with Gasteiger partial charge in [-0.05, 0) is 36.4 Å². The van der Waals surface area contributed by atoms with Crippen LogP contribution in [0.2, 0.25) is 10.0 Å². The van der Waals surface area contributed by atoms with Gasteiger partial charge in [0.1, 0.15) is 17.6 Å². The lowest BCUT2D eigenvalue weighted by atomic mass is 10.1. The number of carbonyl (C=O) groups is 1. The molecule has 0 spiro atoms. The molecule has 0 saturated heterocycles. The molecule has 2 rings (SSSR count). The van der Waals surface area contributed by atoms with Crippen molar-refractivity contribution in [2.45, 2.75) is 6.10 Å². The molecule has 0 bridgehead atoms. The Labute approximate surface area is 150 Å². The zero-order valence-electron chi connectivity index (χ0n) is 13.2. The predicted molar refractivity (Wildman–Crippen MR) is 93.3 cm³/mol. The van der Waals surface area contributed by atoms with Gasteiger partial charge in [0.2, 0.25) is 0 Å². The monoisotopic (exact) mass is 369 g/mol. The van der Waals surface area contributed by atoms with Gasteiger partial charge in [0, 0.05) is 17.7 Å². The summed E-state index contributed by atoms with van der Waals surface area (Å²) in [6.45, 7) is 0.00259. The van der Waals surface area contributed by atoms with E-state index in [1.54, 1.807) is 30.3 Å². The van der Waals surface area contributed by atoms with E-state index in [0.717, 1.165) is 0 Å². The van der Waals surface area contributed by atoms with Crippen molar-refractivity contribution in [1.82, 2.24) is 5.32 Å². The fourth-order valence-corrected chi connectivity index (χ4v) is 2.44. The van der Waals surface area contributed by atoms with Crippen molar-refractivity contribution >= 4 is 29.1 Å². The number of ether oxygens (including phenoxy) is 2. The molecule has 2 aromatic carbocycles. The summed E-state index contributed by atoms with van der Waals surface area (Å²) in [5, 5.41) is 13.7. The van der Waals surface area contributed by atoms with Gasteiger partial charge in [0.15, 0.2) is 0 Å². The maximum atomic E-state index is 12.1. The van der Waals surface area contributed by atoms with E-state index in [-0.39, 0.29) is 12.5 Å². The zero-order valence-corrected chi connectivity index (χ0v) is 14.7. The number of benzene rings is 2. The predicted octanol–water partition coefficient (Wildman–Crippen LogP) is 3.47. The third-order valence-corrected chi connectivity index (χ3v) is 4.17. The van der Waals surface area contributed by atoms with E-state index < -0.39 is 6.10 Å². The Bertz CT molecular complexity index is 737. The number of aliphatic hydroxyl groups is 1. The van der Waals surface area contributed by atoms with E-state index in [1.807, 2.05) is 0 Å². The maximum Gasteiger partial charge on any atom is 0.251 e. The van der Waals surface area contributed by atoms with Crippen LogP contribution in [0.3, 0.4) is 0 Å². The minimum atomic E-state index is -0.957. The Morgan fingerprint density at radius 2 is 1.88 bits per heavy atom. The molecule has 0 radical (unpaired) electrons. The number of halogens is 2. The highest BCUT2D eigenvalue weighted by Gasteiger charge is 2.16. The Hall–Kier alpha value is -1.95. The number of nitrogens with one attached hydrogen (secondary N) is 1. The van der Waals surface area contributed by atoms with Gasteiger partial charge < -0.3 is 19.9 Å². The van der Waals surface area contributed by atoms with Gasteiger partial charge in [0.25, 0.3) is 5.91 Å². The van der Waals surface area contributed by atoms with Gasteiger partial charge >= 0.3 is 0 Å². The number of aliphatic hydroxyl groups excluding tert-OH is 1. The molecule has 1 unspecified atom stereocenters. The Morgan fingerprint density at radius 1 is 1.12 bits per heavy atom. The lowest BCUT2D eigenvalue weighted by Crippen LogP contribution is -2.28. The Morgan fingerprint density at radius 3 is 2.50 bits per heavy atom. The van der Waals surface area contributed by atoms with E-state index in [2.05, 4.69) is 5.32 Å². The SMILES string of the molecule is COc1ccc(OC)c(C(O)CNC(=O)c2ccc(Cl)c(Cl)c2)c1. The summed E-state index contributed by atoms with van der Waals surface area (Å²) >= 11 is 11.7. The quantitative estimate of drug-likeness (QED) is 0.817. The van der Waals surface area contributed by atoms with Crippen molar-refractivity contribution in [3.8, 4) is 11.5 Å². The molecule has 2 N–H and O–H groups in total. The minimum Gasteiger partial charge on any atom is -0.497 e. The third-order valence-electron chi connectivity index (χ3n) is 3.43. The van der Waals surface area contributed by atoms with Crippen molar-refractivity contribution in [2.24, 2.45) is 0 Å². The number of amides is 1. The molecular weight excluding hydrogens is 353 g/mol. The Kier molecular flexibility index (Phi) is 6.31. The summed E-state index contributed by atoms with van der Waals surface area (Å²) in [5.41, 5.74) is 0.875. The first-order chi connectivity index (χ1) is 11.5. The van der Waals surface area contributed by atoms with Crippen LogP contribution in [0.25, 0.3) is 0 Å². The van der Waals surface area contributed by atoms with E-state index in [4.69, 9.17) is 32.7 Å². The summed E-state index contributed by atoms with van der Waals surface area (Å²) in [4.78, 5) is 12.1. The first-order valence-corrected chi connectivity index (χ1v) is 7.85. The molecule has 5 nitrogen and oxygen atoms in total. The molecule has 7 heteroatoms. The van der Waals surface area contributed by atoms with Gasteiger partial charge in [-0.1, -0.05) is 23.2 Å². The van der Waals surface area contributed by atoms with Crippen LogP contribution in [-0.2, 0) is 0 Å². The molecule has 0 heterocycles. The lowest BCUT2D eigenvalue weighted by Gasteiger charge is -2.16. The van der Waals surface area contributed by atoms with E-state index >= 15 is 0 Å². The second kappa shape index (κ2) is 8.24. The number of methoxy groups -OCH3 is 2. The van der Waals surface area contributed by atoms with Crippen molar-refractivity contribution in [1.29, 1.82) is 0 Å². The van der Waals surface area contributed by atoms with Gasteiger partial charge in [0.05, 0.1) is 24.3 Å². The molecule has 0 aliphatic heterocycles. The van der Waals surface area contributed by atoms with Crippen LogP contribution in [0.4, 0.5) is 0 Å². The van der Waals surface area contributed by atoms with Gasteiger partial charge in [-0.2, -0.15) is 0 Å². The normalized spacial score (nSPS) is 11.7. The van der Waals surface area contributed by atoms with Gasteiger partial charge in [-0.15, -0.1) is 0 Å². The molecule has 0 aliphatic rings. The highest BCUT2D eigenvalue weighted by atomic mass is 35.5. The fraction of sp³-hybridized carbons (Fsp3) is 0.235. The molecule has 0 saturated carbocycles. The molecule has 128 valence electrons. The summed E-state index contributed by atoms with van der Waals surface area (Å²) < 4.78 is 10.4. The van der Waals surface area contributed by atoms with Crippen LogP contribution < -0.4 is 14.8 Å². The average Bonchev–Trinajstić information content (AvgIpc) is 2.60. The highest BCUT2D eigenvalue weighted by molar-refractivity contribution is 6.42. The van der Waals surface area contributed by atoms with E-state index in [0.29, 0.717) is 32.7 Å². The summed E-state index contributed by atoms with van der Waals surface area (Å²) in [5.74, 6) is 0.724. The summed E-state index contributed by atoms with van der Waals surface area (Å²) in [7, 11) is 3.04. The second-order valence-corrected chi connectivity index (χ2v) is 5.78. The van der Waals surface area contributed by atoms with Crippen LogP contribution in [0.5, 0.6) is 11.5 Å². The van der Waals surface area contributed by atoms with Crippen LogP contribution in [0, 0.1) is 0 Å². The average molecular weight is 370 g/mol. The molecule has 0 aliphatic carbocycles. The molecule has 2 aromatic rings. The number of hydrogen-bond donors (Lipinski definition) is 2. The molecule has 1 amide bonds. The number of hydrogen-bond acceptors (Lipinski definition) is 4. The zero-order chi connectivity index (χ0) is 17.7. The topological polar surface area (TPSA) is 67.8 Å². The summed E-state index contributed by atoms with van der Waals surface area (Å²) in [6.07, 6.45) is -0.957. The molecule has 1 atom stereocenters. The minimum absolute atomic E-state index is 0.00259. The first-order valence-electron chi connectivity index (χ1n) is 7.09. The van der Waals surface area contributed by atoms with Crippen molar-refractivity contribution in [3.63, 3.8) is 0 Å². The summed E-state index contributed by atoms with van der Waals surface area (Å²) in [6, 6.07) is 9.65. The Balaban J connectivity index is 2.08. The fourth-order valence-electron chi connectivity index (χ4n) is 2.14. The maximum absolute atomic E-state index is 12.1.